The molecule has 2 nitrogen and oxygen atoms in total. The Morgan fingerprint density at radius 3 is 2.50 bits per heavy atom. The van der Waals surface area contributed by atoms with E-state index < -0.39 is 0 Å². The van der Waals surface area contributed by atoms with E-state index in [1.165, 1.54) is 19.3 Å². The molecule has 1 saturated carbocycles. The van der Waals surface area contributed by atoms with Crippen molar-refractivity contribution >= 4 is 22.6 Å². The molecule has 0 spiro atoms. The summed E-state index contributed by atoms with van der Waals surface area (Å²) in [4.78, 5) is 0. The Labute approximate surface area is 101 Å². The predicted octanol–water partition coefficient (Wildman–Crippen LogP) is 3.17. The maximum absolute atomic E-state index is 6.07. The van der Waals surface area contributed by atoms with E-state index in [-0.39, 0.29) is 5.60 Å². The van der Waals surface area contributed by atoms with Crippen molar-refractivity contribution in [2.75, 3.05) is 11.5 Å². The number of ether oxygens (including phenoxy) is 2. The Balaban J connectivity index is 2.37. The van der Waals surface area contributed by atoms with E-state index in [1.807, 2.05) is 0 Å². The quantitative estimate of drug-likeness (QED) is 0.586. The lowest BCUT2D eigenvalue weighted by molar-refractivity contribution is -0.0937. The summed E-state index contributed by atoms with van der Waals surface area (Å²) >= 11 is 2.38. The van der Waals surface area contributed by atoms with Gasteiger partial charge >= 0.3 is 0 Å². The predicted molar refractivity (Wildman–Crippen MR) is 67.1 cm³/mol. The fourth-order valence-electron chi connectivity index (χ4n) is 1.91. The number of hydrogen-bond acceptors (Lipinski definition) is 2. The van der Waals surface area contributed by atoms with Crippen molar-refractivity contribution < 1.29 is 9.47 Å². The van der Waals surface area contributed by atoms with Crippen molar-refractivity contribution in [2.45, 2.75) is 57.3 Å². The monoisotopic (exact) mass is 312 g/mol. The molecule has 0 aromatic rings. The van der Waals surface area contributed by atoms with Crippen LogP contribution < -0.4 is 0 Å². The molecule has 1 fully saturated rings. The van der Waals surface area contributed by atoms with Gasteiger partial charge < -0.3 is 9.47 Å². The second kappa shape index (κ2) is 5.66. The van der Waals surface area contributed by atoms with Gasteiger partial charge in [0.25, 0.3) is 0 Å². The molecule has 0 aromatic carbocycles. The number of alkyl halides is 1. The Morgan fingerprint density at radius 2 is 1.93 bits per heavy atom. The summed E-state index contributed by atoms with van der Waals surface area (Å²) in [5.41, 5.74) is 0.0147. The highest BCUT2D eigenvalue weighted by Gasteiger charge is 2.27. The van der Waals surface area contributed by atoms with Crippen molar-refractivity contribution in [3.05, 3.63) is 0 Å². The van der Waals surface area contributed by atoms with Crippen LogP contribution in [0, 0.1) is 0 Å². The highest BCUT2D eigenvalue weighted by Crippen LogP contribution is 2.27. The lowest BCUT2D eigenvalue weighted by Gasteiger charge is -2.34. The zero-order valence-corrected chi connectivity index (χ0v) is 11.5. The summed E-state index contributed by atoms with van der Waals surface area (Å²) in [6.45, 7) is 4.33. The van der Waals surface area contributed by atoms with Gasteiger partial charge in [-0.3, -0.25) is 0 Å². The molecule has 3 heteroatoms. The largest absolute Gasteiger partial charge is 0.381 e. The van der Waals surface area contributed by atoms with Gasteiger partial charge in [-0.1, -0.05) is 22.6 Å². The third-order valence-electron chi connectivity index (χ3n) is 2.72. The van der Waals surface area contributed by atoms with Crippen LogP contribution >= 0.6 is 22.6 Å². The first-order valence-corrected chi connectivity index (χ1v) is 6.86. The second-order valence-corrected chi connectivity index (χ2v) is 5.42. The molecule has 1 rings (SSSR count). The number of halogens is 1. The molecule has 14 heavy (non-hydrogen) atoms. The zero-order chi connectivity index (χ0) is 10.6. The number of hydrogen-bond donors (Lipinski definition) is 0. The minimum atomic E-state index is 0.0147. The molecule has 0 heterocycles. The van der Waals surface area contributed by atoms with Crippen LogP contribution in [0.4, 0.5) is 0 Å². The van der Waals surface area contributed by atoms with Crippen LogP contribution in [0.25, 0.3) is 0 Å². The van der Waals surface area contributed by atoms with E-state index in [9.17, 15) is 0 Å². The third-order valence-corrected chi connectivity index (χ3v) is 4.56. The normalized spacial score (nSPS) is 29.1. The molecule has 0 amide bonds. The zero-order valence-electron chi connectivity index (χ0n) is 9.38. The maximum Gasteiger partial charge on any atom is 0.0719 e. The van der Waals surface area contributed by atoms with E-state index in [0.29, 0.717) is 12.2 Å². The second-order valence-electron chi connectivity index (χ2n) is 4.66. The SMILES string of the molecule is COC1CCCC(OC(C)(C)CI)C1. The maximum atomic E-state index is 6.07. The standard InChI is InChI=1S/C11H21IO2/c1-11(2,8-12)14-10-6-4-5-9(7-10)13-3/h9-10H,4-8H2,1-3H3. The average Bonchev–Trinajstić information content (AvgIpc) is 2.17. The summed E-state index contributed by atoms with van der Waals surface area (Å²) in [5.74, 6) is 0. The highest BCUT2D eigenvalue weighted by molar-refractivity contribution is 14.1. The number of methoxy groups -OCH3 is 1. The molecule has 0 N–H and O–H groups in total. The van der Waals surface area contributed by atoms with Crippen LogP contribution in [0.15, 0.2) is 0 Å². The molecule has 84 valence electrons. The van der Waals surface area contributed by atoms with Crippen LogP contribution in [-0.2, 0) is 9.47 Å². The van der Waals surface area contributed by atoms with Gasteiger partial charge in [0.05, 0.1) is 17.8 Å². The van der Waals surface area contributed by atoms with E-state index in [2.05, 4.69) is 36.4 Å². The molecule has 0 bridgehead atoms. The van der Waals surface area contributed by atoms with Gasteiger partial charge in [0.15, 0.2) is 0 Å². The third kappa shape index (κ3) is 4.03. The molecule has 2 atom stereocenters. The van der Waals surface area contributed by atoms with Crippen LogP contribution in [-0.4, -0.2) is 29.3 Å². The van der Waals surface area contributed by atoms with Gasteiger partial charge in [0.1, 0.15) is 0 Å². The molecule has 0 aliphatic heterocycles. The molecule has 0 radical (unpaired) electrons. The fourth-order valence-corrected chi connectivity index (χ4v) is 2.09. The van der Waals surface area contributed by atoms with E-state index in [0.717, 1.165) is 10.8 Å². The van der Waals surface area contributed by atoms with Crippen LogP contribution in [0.5, 0.6) is 0 Å². The molecule has 1 aliphatic rings. The van der Waals surface area contributed by atoms with Gasteiger partial charge in [-0.15, -0.1) is 0 Å². The summed E-state index contributed by atoms with van der Waals surface area (Å²) < 4.78 is 12.5. The Hall–Kier alpha value is 0.650. The summed E-state index contributed by atoms with van der Waals surface area (Å²) in [5, 5.41) is 0. The van der Waals surface area contributed by atoms with Gasteiger partial charge in [-0.25, -0.2) is 0 Å². The summed E-state index contributed by atoms with van der Waals surface area (Å²) in [6, 6.07) is 0. The van der Waals surface area contributed by atoms with Crippen LogP contribution in [0.2, 0.25) is 0 Å². The molecule has 0 aromatic heterocycles. The smallest absolute Gasteiger partial charge is 0.0719 e. The average molecular weight is 312 g/mol. The molecule has 0 saturated heterocycles. The fraction of sp³-hybridized carbons (Fsp3) is 1.00. The molecule has 1 aliphatic carbocycles. The van der Waals surface area contributed by atoms with Crippen molar-refractivity contribution in [1.82, 2.24) is 0 Å². The van der Waals surface area contributed by atoms with E-state index in [4.69, 9.17) is 9.47 Å². The topological polar surface area (TPSA) is 18.5 Å². The lowest BCUT2D eigenvalue weighted by atomic mass is 9.94. The van der Waals surface area contributed by atoms with E-state index in [1.54, 1.807) is 7.11 Å². The first-order valence-electron chi connectivity index (χ1n) is 5.34. The minimum absolute atomic E-state index is 0.0147. The Morgan fingerprint density at radius 1 is 1.29 bits per heavy atom. The summed E-state index contributed by atoms with van der Waals surface area (Å²) in [6.07, 6.45) is 5.51. The van der Waals surface area contributed by atoms with E-state index >= 15 is 0 Å². The van der Waals surface area contributed by atoms with Crippen LogP contribution in [0.1, 0.15) is 39.5 Å². The minimum Gasteiger partial charge on any atom is -0.381 e. The van der Waals surface area contributed by atoms with Gasteiger partial charge in [-0.05, 0) is 39.5 Å². The first-order chi connectivity index (χ1) is 6.57. The number of rotatable bonds is 4. The summed E-state index contributed by atoms with van der Waals surface area (Å²) in [7, 11) is 1.80. The Bertz CT molecular complexity index is 171. The molecular weight excluding hydrogens is 291 g/mol. The van der Waals surface area contributed by atoms with Gasteiger partial charge in [0.2, 0.25) is 0 Å². The van der Waals surface area contributed by atoms with Crippen molar-refractivity contribution in [3.8, 4) is 0 Å². The molecule has 2 unspecified atom stereocenters. The van der Waals surface area contributed by atoms with Crippen molar-refractivity contribution in [2.24, 2.45) is 0 Å². The van der Waals surface area contributed by atoms with Crippen LogP contribution in [0.3, 0.4) is 0 Å². The van der Waals surface area contributed by atoms with Gasteiger partial charge in [-0.2, -0.15) is 0 Å². The molecular formula is C11H21IO2. The highest BCUT2D eigenvalue weighted by atomic mass is 127. The first kappa shape index (κ1) is 12.7. The Kier molecular flexibility index (Phi) is 5.14. The lowest BCUT2D eigenvalue weighted by Crippen LogP contribution is -2.36. The van der Waals surface area contributed by atoms with Crippen molar-refractivity contribution in [3.63, 3.8) is 0 Å². The van der Waals surface area contributed by atoms with Crippen molar-refractivity contribution in [1.29, 1.82) is 0 Å². The van der Waals surface area contributed by atoms with Gasteiger partial charge in [0, 0.05) is 11.5 Å².